The van der Waals surface area contributed by atoms with Crippen LogP contribution in [0.3, 0.4) is 0 Å². The Kier molecular flexibility index (Phi) is 5.25. The van der Waals surface area contributed by atoms with E-state index in [2.05, 4.69) is 25.4 Å². The first-order valence-corrected chi connectivity index (χ1v) is 9.15. The molecule has 24 heavy (non-hydrogen) atoms. The molecule has 1 aliphatic heterocycles. The molecule has 130 valence electrons. The first-order valence-electron chi connectivity index (χ1n) is 8.27. The third-order valence-corrected chi connectivity index (χ3v) is 5.09. The van der Waals surface area contributed by atoms with Gasteiger partial charge in [0.05, 0.1) is 17.2 Å². The van der Waals surface area contributed by atoms with E-state index in [9.17, 15) is 4.79 Å². The monoisotopic (exact) mass is 349 g/mol. The summed E-state index contributed by atoms with van der Waals surface area (Å²) in [5.74, 6) is 1.24. The normalized spacial score (nSPS) is 18.2. The second-order valence-electron chi connectivity index (χ2n) is 6.14. The van der Waals surface area contributed by atoms with E-state index in [1.54, 1.807) is 18.3 Å². The molecule has 0 N–H and O–H groups in total. The third kappa shape index (κ3) is 3.99. The number of hydrogen-bond acceptors (Lipinski definition) is 7. The van der Waals surface area contributed by atoms with Crippen molar-refractivity contribution in [3.8, 4) is 0 Å². The van der Waals surface area contributed by atoms with Gasteiger partial charge < -0.3 is 9.42 Å². The number of thiazole rings is 1. The summed E-state index contributed by atoms with van der Waals surface area (Å²) in [7, 11) is 0. The van der Waals surface area contributed by atoms with E-state index in [0.717, 1.165) is 36.8 Å². The van der Waals surface area contributed by atoms with E-state index in [0.29, 0.717) is 24.7 Å². The number of amides is 1. The highest BCUT2D eigenvalue weighted by atomic mass is 32.1. The SMILES string of the molecule is CCc1nc(CN(C(C)=O)[C@H]2CCN(Cc3csc(C)n3)C2)no1. The Morgan fingerprint density at radius 3 is 2.96 bits per heavy atom. The molecule has 7 nitrogen and oxygen atoms in total. The predicted octanol–water partition coefficient (Wildman–Crippen LogP) is 2.02. The molecule has 0 aromatic carbocycles. The number of aromatic nitrogens is 3. The van der Waals surface area contributed by atoms with E-state index in [4.69, 9.17) is 4.52 Å². The van der Waals surface area contributed by atoms with Gasteiger partial charge in [-0.15, -0.1) is 11.3 Å². The zero-order valence-corrected chi connectivity index (χ0v) is 15.2. The van der Waals surface area contributed by atoms with E-state index in [1.165, 1.54) is 0 Å². The van der Waals surface area contributed by atoms with Gasteiger partial charge in [0.25, 0.3) is 0 Å². The quantitative estimate of drug-likeness (QED) is 0.794. The largest absolute Gasteiger partial charge is 0.339 e. The van der Waals surface area contributed by atoms with E-state index >= 15 is 0 Å². The molecule has 8 heteroatoms. The second-order valence-corrected chi connectivity index (χ2v) is 7.20. The van der Waals surface area contributed by atoms with Crippen molar-refractivity contribution in [2.24, 2.45) is 0 Å². The Balaban J connectivity index is 1.61. The zero-order chi connectivity index (χ0) is 17.1. The molecule has 0 spiro atoms. The van der Waals surface area contributed by atoms with Crippen molar-refractivity contribution in [2.45, 2.75) is 52.7 Å². The van der Waals surface area contributed by atoms with Crippen molar-refractivity contribution in [2.75, 3.05) is 13.1 Å². The zero-order valence-electron chi connectivity index (χ0n) is 14.4. The van der Waals surface area contributed by atoms with Crippen LogP contribution in [-0.2, 0) is 24.3 Å². The molecule has 1 aliphatic rings. The van der Waals surface area contributed by atoms with Crippen LogP contribution in [0.2, 0.25) is 0 Å². The third-order valence-electron chi connectivity index (χ3n) is 4.27. The first-order chi connectivity index (χ1) is 11.5. The fraction of sp³-hybridized carbons (Fsp3) is 0.625. The molecule has 1 atom stereocenters. The summed E-state index contributed by atoms with van der Waals surface area (Å²) in [5, 5.41) is 7.17. The van der Waals surface area contributed by atoms with Crippen LogP contribution in [0.5, 0.6) is 0 Å². The number of nitrogens with zero attached hydrogens (tertiary/aromatic N) is 5. The minimum atomic E-state index is 0.0502. The Hall–Kier alpha value is -1.80. The topological polar surface area (TPSA) is 75.4 Å². The van der Waals surface area contributed by atoms with Crippen LogP contribution in [0.15, 0.2) is 9.90 Å². The van der Waals surface area contributed by atoms with Crippen molar-refractivity contribution in [3.63, 3.8) is 0 Å². The smallest absolute Gasteiger partial charge is 0.226 e. The first kappa shape index (κ1) is 17.0. The molecule has 1 fully saturated rings. The molecule has 0 radical (unpaired) electrons. The highest BCUT2D eigenvalue weighted by Crippen LogP contribution is 2.20. The van der Waals surface area contributed by atoms with Gasteiger partial charge in [0, 0.05) is 44.4 Å². The minimum Gasteiger partial charge on any atom is -0.339 e. The summed E-state index contributed by atoms with van der Waals surface area (Å²) in [5.41, 5.74) is 1.11. The van der Waals surface area contributed by atoms with Crippen LogP contribution < -0.4 is 0 Å². The average molecular weight is 349 g/mol. The summed E-state index contributed by atoms with van der Waals surface area (Å²) in [6.07, 6.45) is 1.67. The van der Waals surface area contributed by atoms with Crippen molar-refractivity contribution in [1.82, 2.24) is 24.9 Å². The summed E-state index contributed by atoms with van der Waals surface area (Å²) >= 11 is 1.68. The maximum Gasteiger partial charge on any atom is 0.226 e. The van der Waals surface area contributed by atoms with Crippen LogP contribution in [0.25, 0.3) is 0 Å². The lowest BCUT2D eigenvalue weighted by molar-refractivity contribution is -0.131. The molecule has 2 aromatic rings. The highest BCUT2D eigenvalue weighted by Gasteiger charge is 2.30. The Morgan fingerprint density at radius 1 is 1.50 bits per heavy atom. The molecule has 0 aliphatic carbocycles. The van der Waals surface area contributed by atoms with E-state index in [-0.39, 0.29) is 11.9 Å². The van der Waals surface area contributed by atoms with Gasteiger partial charge in [-0.3, -0.25) is 9.69 Å². The molecule has 3 rings (SSSR count). The number of likely N-dealkylation sites (tertiary alicyclic amines) is 1. The van der Waals surface area contributed by atoms with Gasteiger partial charge in [-0.2, -0.15) is 4.98 Å². The number of carbonyl (C=O) groups is 1. The fourth-order valence-electron chi connectivity index (χ4n) is 3.07. The van der Waals surface area contributed by atoms with Crippen LogP contribution >= 0.6 is 11.3 Å². The maximum atomic E-state index is 12.1. The molecule has 0 unspecified atom stereocenters. The lowest BCUT2D eigenvalue weighted by Gasteiger charge is -2.26. The van der Waals surface area contributed by atoms with Crippen molar-refractivity contribution in [1.29, 1.82) is 0 Å². The second kappa shape index (κ2) is 7.40. The lowest BCUT2D eigenvalue weighted by atomic mass is 10.2. The van der Waals surface area contributed by atoms with Gasteiger partial charge in [-0.25, -0.2) is 4.98 Å². The molecule has 2 aromatic heterocycles. The lowest BCUT2D eigenvalue weighted by Crippen LogP contribution is -2.40. The van der Waals surface area contributed by atoms with Gasteiger partial charge in [0.1, 0.15) is 0 Å². The molecule has 0 saturated carbocycles. The standard InChI is InChI=1S/C16H23N5O2S/c1-4-16-18-15(19-23-16)9-21(12(3)22)14-5-6-20(8-14)7-13-10-24-11(2)17-13/h10,14H,4-9H2,1-3H3/t14-/m0/s1. The van der Waals surface area contributed by atoms with Crippen molar-refractivity contribution < 1.29 is 9.32 Å². The molecule has 1 saturated heterocycles. The van der Waals surface area contributed by atoms with Crippen LogP contribution in [0, 0.1) is 6.92 Å². The summed E-state index contributed by atoms with van der Waals surface area (Å²) in [6, 6.07) is 0.186. The van der Waals surface area contributed by atoms with Crippen LogP contribution in [-0.4, -0.2) is 50.0 Å². The van der Waals surface area contributed by atoms with Gasteiger partial charge in [0.2, 0.25) is 11.8 Å². The number of carbonyl (C=O) groups excluding carboxylic acids is 1. The van der Waals surface area contributed by atoms with Crippen LogP contribution in [0.4, 0.5) is 0 Å². The summed E-state index contributed by atoms with van der Waals surface area (Å²) in [4.78, 5) is 25.1. The average Bonchev–Trinajstić information content (AvgIpc) is 3.26. The van der Waals surface area contributed by atoms with Gasteiger partial charge in [-0.05, 0) is 13.3 Å². The molecular weight excluding hydrogens is 326 g/mol. The number of rotatable bonds is 6. The molecule has 1 amide bonds. The predicted molar refractivity (Wildman–Crippen MR) is 90.4 cm³/mol. The Labute approximate surface area is 145 Å². The van der Waals surface area contributed by atoms with Crippen LogP contribution in [0.1, 0.15) is 42.7 Å². The Morgan fingerprint density at radius 2 is 2.33 bits per heavy atom. The molecule has 3 heterocycles. The molecule has 0 bridgehead atoms. The van der Waals surface area contributed by atoms with Gasteiger partial charge in [-0.1, -0.05) is 12.1 Å². The summed E-state index contributed by atoms with van der Waals surface area (Å²) in [6.45, 7) is 8.67. The van der Waals surface area contributed by atoms with E-state index in [1.807, 2.05) is 18.7 Å². The maximum absolute atomic E-state index is 12.1. The summed E-state index contributed by atoms with van der Waals surface area (Å²) < 4.78 is 5.14. The van der Waals surface area contributed by atoms with Gasteiger partial charge in [0.15, 0.2) is 5.82 Å². The number of hydrogen-bond donors (Lipinski definition) is 0. The minimum absolute atomic E-state index is 0.0502. The Bertz CT molecular complexity index is 698. The number of aryl methyl sites for hydroxylation is 2. The van der Waals surface area contributed by atoms with Crippen molar-refractivity contribution >= 4 is 17.2 Å². The molecular formula is C16H23N5O2S. The van der Waals surface area contributed by atoms with E-state index < -0.39 is 0 Å². The fourth-order valence-corrected chi connectivity index (χ4v) is 3.67. The van der Waals surface area contributed by atoms with Gasteiger partial charge >= 0.3 is 0 Å². The highest BCUT2D eigenvalue weighted by molar-refractivity contribution is 7.09. The van der Waals surface area contributed by atoms with Crippen molar-refractivity contribution in [3.05, 3.63) is 27.8 Å².